The number of hydrogen-bond acceptors (Lipinski definition) is 8. The van der Waals surface area contributed by atoms with Crippen LogP contribution in [0, 0.1) is 0 Å². The number of esters is 1. The Balaban J connectivity index is 1.96. The molecule has 0 spiro atoms. The molecule has 0 bridgehead atoms. The van der Waals surface area contributed by atoms with E-state index < -0.39 is 56.8 Å². The number of carbonyl (C=O) groups excluding carboxylic acids is 3. The highest BCUT2D eigenvalue weighted by molar-refractivity contribution is 7.86. The molecule has 11 nitrogen and oxygen atoms in total. The molecule has 0 saturated heterocycles. The first-order chi connectivity index (χ1) is 13.1. The van der Waals surface area contributed by atoms with Crippen LogP contribution in [0.5, 0.6) is 11.8 Å². The molecule has 3 rings (SSSR count). The average molecular weight is 414 g/mol. The first kappa shape index (κ1) is 19.9. The standard InChI is InChI=1S/C16H18N2O9S/c19-11-4-5-12(20)17(11)9-27-15(23)16(6-2-1-3-7-16)18-13(21)8-10(14(18)22)28(24,25)26/h4-5,8,21-22H,1-3,6-7,9H2,(H,24,25,26). The van der Waals surface area contributed by atoms with Gasteiger partial charge in [-0.1, -0.05) is 19.3 Å². The number of aromatic hydroxyl groups is 2. The van der Waals surface area contributed by atoms with Crippen molar-refractivity contribution in [3.8, 4) is 11.8 Å². The summed E-state index contributed by atoms with van der Waals surface area (Å²) >= 11 is 0. The second-order valence-electron chi connectivity index (χ2n) is 6.59. The van der Waals surface area contributed by atoms with Gasteiger partial charge in [0.05, 0.1) is 0 Å². The quantitative estimate of drug-likeness (QED) is 0.347. The lowest BCUT2D eigenvalue weighted by Gasteiger charge is -2.37. The highest BCUT2D eigenvalue weighted by Crippen LogP contribution is 2.44. The molecule has 0 unspecified atom stereocenters. The maximum absolute atomic E-state index is 12.9. The van der Waals surface area contributed by atoms with Crippen molar-refractivity contribution in [2.75, 3.05) is 6.73 Å². The number of rotatable bonds is 5. The van der Waals surface area contributed by atoms with Crippen molar-refractivity contribution < 1.29 is 42.3 Å². The summed E-state index contributed by atoms with van der Waals surface area (Å²) in [5.41, 5.74) is -1.66. The molecule has 152 valence electrons. The third kappa shape index (κ3) is 3.24. The van der Waals surface area contributed by atoms with Gasteiger partial charge in [-0.3, -0.25) is 18.7 Å². The van der Waals surface area contributed by atoms with Crippen molar-refractivity contribution in [3.63, 3.8) is 0 Å². The topological polar surface area (TPSA) is 163 Å². The summed E-state index contributed by atoms with van der Waals surface area (Å²) < 4.78 is 37.9. The second-order valence-corrected chi connectivity index (χ2v) is 7.98. The van der Waals surface area contributed by atoms with E-state index in [0.717, 1.165) is 18.6 Å². The Morgan fingerprint density at radius 2 is 1.68 bits per heavy atom. The summed E-state index contributed by atoms with van der Waals surface area (Å²) in [6.07, 6.45) is 4.03. The lowest BCUT2D eigenvalue weighted by atomic mass is 9.81. The van der Waals surface area contributed by atoms with Crippen LogP contribution in [0.2, 0.25) is 0 Å². The van der Waals surface area contributed by atoms with E-state index in [1.54, 1.807) is 0 Å². The molecule has 0 aromatic carbocycles. The van der Waals surface area contributed by atoms with Gasteiger partial charge in [0, 0.05) is 18.2 Å². The first-order valence-electron chi connectivity index (χ1n) is 8.40. The number of imide groups is 1. The molecule has 0 radical (unpaired) electrons. The lowest BCUT2D eigenvalue weighted by Crippen LogP contribution is -2.46. The van der Waals surface area contributed by atoms with Gasteiger partial charge in [-0.2, -0.15) is 8.42 Å². The Morgan fingerprint density at radius 3 is 2.18 bits per heavy atom. The normalized spacial score (nSPS) is 19.2. The summed E-state index contributed by atoms with van der Waals surface area (Å²) in [7, 11) is -4.85. The molecule has 2 heterocycles. The Bertz CT molecular complexity index is 952. The number of aromatic nitrogens is 1. The molecule has 1 saturated carbocycles. The molecule has 2 amide bonds. The van der Waals surface area contributed by atoms with Gasteiger partial charge in [0.15, 0.2) is 17.5 Å². The summed E-state index contributed by atoms with van der Waals surface area (Å²) in [4.78, 5) is 35.8. The van der Waals surface area contributed by atoms with Crippen LogP contribution in [0.25, 0.3) is 0 Å². The van der Waals surface area contributed by atoms with Crippen LogP contribution in [0.3, 0.4) is 0 Å². The smallest absolute Gasteiger partial charge is 0.334 e. The lowest BCUT2D eigenvalue weighted by molar-refractivity contribution is -0.165. The van der Waals surface area contributed by atoms with Gasteiger partial charge in [-0.05, 0) is 12.8 Å². The summed E-state index contributed by atoms with van der Waals surface area (Å²) in [5.74, 6) is -4.03. The molecule has 28 heavy (non-hydrogen) atoms. The predicted molar refractivity (Wildman–Crippen MR) is 90.6 cm³/mol. The van der Waals surface area contributed by atoms with E-state index in [-0.39, 0.29) is 12.8 Å². The second kappa shape index (κ2) is 6.95. The Kier molecular flexibility index (Phi) is 4.93. The van der Waals surface area contributed by atoms with Gasteiger partial charge in [-0.15, -0.1) is 0 Å². The van der Waals surface area contributed by atoms with E-state index in [2.05, 4.69) is 0 Å². The first-order valence-corrected chi connectivity index (χ1v) is 9.84. The Labute approximate surface area is 159 Å². The van der Waals surface area contributed by atoms with Gasteiger partial charge in [-0.25, -0.2) is 9.69 Å². The van der Waals surface area contributed by atoms with Crippen LogP contribution in [-0.2, 0) is 34.8 Å². The number of amides is 2. The molecule has 12 heteroatoms. The summed E-state index contributed by atoms with van der Waals surface area (Å²) in [6, 6.07) is 0.631. The Morgan fingerprint density at radius 1 is 1.11 bits per heavy atom. The highest BCUT2D eigenvalue weighted by atomic mass is 32.2. The van der Waals surface area contributed by atoms with E-state index in [1.807, 2.05) is 0 Å². The molecule has 1 aromatic rings. The van der Waals surface area contributed by atoms with Crippen molar-refractivity contribution in [3.05, 3.63) is 18.2 Å². The number of carbonyl (C=O) groups is 3. The zero-order valence-electron chi connectivity index (χ0n) is 14.6. The van der Waals surface area contributed by atoms with Crippen molar-refractivity contribution in [2.45, 2.75) is 42.5 Å². The minimum atomic E-state index is -4.85. The van der Waals surface area contributed by atoms with Gasteiger partial charge in [0.1, 0.15) is 5.54 Å². The SMILES string of the molecule is O=C1C=CC(=O)N1COC(=O)C1(n2c(O)cc(S(=O)(=O)O)c2O)CCCCC1. The average Bonchev–Trinajstić information content (AvgIpc) is 3.12. The van der Waals surface area contributed by atoms with Gasteiger partial charge in [0.2, 0.25) is 5.88 Å². The maximum atomic E-state index is 12.9. The molecule has 1 aromatic heterocycles. The fraction of sp³-hybridized carbons (Fsp3) is 0.438. The van der Waals surface area contributed by atoms with E-state index >= 15 is 0 Å². The fourth-order valence-electron chi connectivity index (χ4n) is 3.55. The van der Waals surface area contributed by atoms with Crippen LogP contribution in [-0.4, -0.2) is 57.2 Å². The van der Waals surface area contributed by atoms with Gasteiger partial charge in [0.25, 0.3) is 21.9 Å². The largest absolute Gasteiger partial charge is 0.494 e. The zero-order valence-corrected chi connectivity index (χ0v) is 15.4. The minimum absolute atomic E-state index is 0.104. The Hall–Kier alpha value is -2.86. The zero-order chi connectivity index (χ0) is 20.7. The molecule has 1 aliphatic carbocycles. The molecule has 2 aliphatic rings. The monoisotopic (exact) mass is 414 g/mol. The van der Waals surface area contributed by atoms with Crippen molar-refractivity contribution in [1.29, 1.82) is 0 Å². The van der Waals surface area contributed by atoms with Gasteiger partial charge < -0.3 is 14.9 Å². The summed E-state index contributed by atoms with van der Waals surface area (Å²) in [5, 5.41) is 20.5. The van der Waals surface area contributed by atoms with Crippen LogP contribution in [0.1, 0.15) is 32.1 Å². The fourth-order valence-corrected chi connectivity index (χ4v) is 4.12. The predicted octanol–water partition coefficient (Wildman–Crippen LogP) is 0.231. The molecular weight excluding hydrogens is 396 g/mol. The van der Waals surface area contributed by atoms with Crippen LogP contribution < -0.4 is 0 Å². The van der Waals surface area contributed by atoms with Gasteiger partial charge >= 0.3 is 5.97 Å². The minimum Gasteiger partial charge on any atom is -0.494 e. The van der Waals surface area contributed by atoms with Crippen LogP contribution >= 0.6 is 0 Å². The third-order valence-electron chi connectivity index (χ3n) is 4.91. The highest BCUT2D eigenvalue weighted by Gasteiger charge is 2.47. The molecular formula is C16H18N2O9S. The third-order valence-corrected chi connectivity index (χ3v) is 5.77. The van der Waals surface area contributed by atoms with Crippen molar-refractivity contribution in [2.24, 2.45) is 0 Å². The number of nitrogens with zero attached hydrogens (tertiary/aromatic N) is 2. The number of hydrogen-bond donors (Lipinski definition) is 3. The number of ether oxygens (including phenoxy) is 1. The van der Waals surface area contributed by atoms with Crippen LogP contribution in [0.4, 0.5) is 0 Å². The van der Waals surface area contributed by atoms with E-state index in [9.17, 15) is 37.6 Å². The van der Waals surface area contributed by atoms with E-state index in [4.69, 9.17) is 4.74 Å². The van der Waals surface area contributed by atoms with E-state index in [1.165, 1.54) is 0 Å². The maximum Gasteiger partial charge on any atom is 0.334 e. The molecule has 1 fully saturated rings. The van der Waals surface area contributed by atoms with Crippen LogP contribution in [0.15, 0.2) is 23.1 Å². The molecule has 0 atom stereocenters. The summed E-state index contributed by atoms with van der Waals surface area (Å²) in [6.45, 7) is -0.667. The van der Waals surface area contributed by atoms with E-state index in [0.29, 0.717) is 28.4 Å². The molecule has 1 aliphatic heterocycles. The van der Waals surface area contributed by atoms with Crippen molar-refractivity contribution >= 4 is 27.9 Å². The van der Waals surface area contributed by atoms with Crippen molar-refractivity contribution in [1.82, 2.24) is 9.47 Å². The molecule has 3 N–H and O–H groups in total.